The SMILES string of the molecule is Cc1[nH]c2ccccc2c1C1C(C(=O)C(C)(C)C)=C(O)C(=O)N1Cc1ccco1. The molecule has 0 radical (unpaired) electrons. The lowest BCUT2D eigenvalue weighted by Crippen LogP contribution is -2.32. The van der Waals surface area contributed by atoms with Crippen LogP contribution in [0.2, 0.25) is 0 Å². The highest BCUT2D eigenvalue weighted by Crippen LogP contribution is 2.45. The van der Waals surface area contributed by atoms with E-state index >= 15 is 0 Å². The maximum Gasteiger partial charge on any atom is 0.290 e. The van der Waals surface area contributed by atoms with Crippen molar-refractivity contribution < 1.29 is 19.1 Å². The minimum absolute atomic E-state index is 0.141. The van der Waals surface area contributed by atoms with Crippen LogP contribution < -0.4 is 0 Å². The van der Waals surface area contributed by atoms with Crippen LogP contribution >= 0.6 is 0 Å². The number of carbonyl (C=O) groups excluding carboxylic acids is 2. The van der Waals surface area contributed by atoms with Crippen LogP contribution in [0.3, 0.4) is 0 Å². The Balaban J connectivity index is 1.93. The monoisotopic (exact) mass is 392 g/mol. The highest BCUT2D eigenvalue weighted by Gasteiger charge is 2.47. The second kappa shape index (κ2) is 6.65. The zero-order valence-corrected chi connectivity index (χ0v) is 16.9. The molecule has 1 aromatic carbocycles. The van der Waals surface area contributed by atoms with Gasteiger partial charge in [0.1, 0.15) is 5.76 Å². The number of aliphatic hydroxyl groups excluding tert-OH is 1. The maximum atomic E-state index is 13.3. The summed E-state index contributed by atoms with van der Waals surface area (Å²) in [4.78, 5) is 31.2. The van der Waals surface area contributed by atoms with E-state index < -0.39 is 23.1 Å². The first-order chi connectivity index (χ1) is 13.7. The molecule has 0 bridgehead atoms. The van der Waals surface area contributed by atoms with Gasteiger partial charge in [-0.15, -0.1) is 0 Å². The predicted octanol–water partition coefficient (Wildman–Crippen LogP) is 4.58. The number of para-hydroxylation sites is 1. The molecule has 0 fully saturated rings. The van der Waals surface area contributed by atoms with E-state index in [2.05, 4.69) is 4.98 Å². The zero-order valence-electron chi connectivity index (χ0n) is 16.9. The average molecular weight is 392 g/mol. The number of hydrogen-bond donors (Lipinski definition) is 2. The van der Waals surface area contributed by atoms with Crippen molar-refractivity contribution in [2.24, 2.45) is 5.41 Å². The molecule has 0 aliphatic carbocycles. The smallest absolute Gasteiger partial charge is 0.290 e. The Morgan fingerprint density at radius 3 is 2.59 bits per heavy atom. The maximum absolute atomic E-state index is 13.3. The molecular weight excluding hydrogens is 368 g/mol. The van der Waals surface area contributed by atoms with Crippen LogP contribution in [0.25, 0.3) is 10.9 Å². The number of hydrogen-bond acceptors (Lipinski definition) is 4. The second-order valence-electron chi connectivity index (χ2n) is 8.47. The topological polar surface area (TPSA) is 86.5 Å². The number of rotatable bonds is 4. The van der Waals surface area contributed by atoms with Gasteiger partial charge in [-0.05, 0) is 25.1 Å². The molecule has 0 saturated carbocycles. The molecule has 29 heavy (non-hydrogen) atoms. The Morgan fingerprint density at radius 1 is 1.21 bits per heavy atom. The molecule has 1 atom stereocenters. The van der Waals surface area contributed by atoms with Gasteiger partial charge < -0.3 is 19.4 Å². The van der Waals surface area contributed by atoms with Crippen molar-refractivity contribution in [1.82, 2.24) is 9.88 Å². The number of H-pyrrole nitrogens is 1. The molecule has 6 nitrogen and oxygen atoms in total. The number of aromatic amines is 1. The van der Waals surface area contributed by atoms with Crippen LogP contribution in [0, 0.1) is 12.3 Å². The van der Waals surface area contributed by atoms with E-state index in [-0.39, 0.29) is 17.9 Å². The number of nitrogens with zero attached hydrogens (tertiary/aromatic N) is 1. The number of ketones is 1. The number of carbonyl (C=O) groups is 2. The molecule has 4 rings (SSSR count). The lowest BCUT2D eigenvalue weighted by molar-refractivity contribution is -0.130. The summed E-state index contributed by atoms with van der Waals surface area (Å²) >= 11 is 0. The second-order valence-corrected chi connectivity index (χ2v) is 8.47. The van der Waals surface area contributed by atoms with Crippen molar-refractivity contribution in [2.75, 3.05) is 0 Å². The highest BCUT2D eigenvalue weighted by molar-refractivity contribution is 6.11. The molecule has 2 aromatic heterocycles. The lowest BCUT2D eigenvalue weighted by atomic mass is 9.81. The molecule has 3 heterocycles. The number of nitrogens with one attached hydrogen (secondary N) is 1. The Kier molecular flexibility index (Phi) is 4.37. The first-order valence-corrected chi connectivity index (χ1v) is 9.58. The Hall–Kier alpha value is -3.28. The van der Waals surface area contributed by atoms with Crippen LogP contribution in [-0.2, 0) is 16.1 Å². The van der Waals surface area contributed by atoms with E-state index in [0.717, 1.165) is 22.2 Å². The fourth-order valence-corrected chi connectivity index (χ4v) is 3.97. The van der Waals surface area contributed by atoms with Gasteiger partial charge in [0.05, 0.1) is 24.4 Å². The number of amides is 1. The molecule has 3 aromatic rings. The van der Waals surface area contributed by atoms with E-state index in [1.807, 2.05) is 31.2 Å². The van der Waals surface area contributed by atoms with Crippen LogP contribution in [-0.4, -0.2) is 26.7 Å². The van der Waals surface area contributed by atoms with E-state index in [4.69, 9.17) is 4.42 Å². The van der Waals surface area contributed by atoms with Crippen LogP contribution in [0.1, 0.15) is 43.8 Å². The molecule has 1 amide bonds. The third-order valence-corrected chi connectivity index (χ3v) is 5.35. The Morgan fingerprint density at radius 2 is 1.93 bits per heavy atom. The predicted molar refractivity (Wildman–Crippen MR) is 109 cm³/mol. The van der Waals surface area contributed by atoms with Crippen LogP contribution in [0.5, 0.6) is 0 Å². The first-order valence-electron chi connectivity index (χ1n) is 9.58. The molecule has 150 valence electrons. The van der Waals surface area contributed by atoms with Crippen molar-refractivity contribution in [1.29, 1.82) is 0 Å². The van der Waals surface area contributed by atoms with Crippen molar-refractivity contribution >= 4 is 22.6 Å². The highest BCUT2D eigenvalue weighted by atomic mass is 16.3. The van der Waals surface area contributed by atoms with Gasteiger partial charge in [-0.1, -0.05) is 39.0 Å². The Labute approximate surface area is 168 Å². The summed E-state index contributed by atoms with van der Waals surface area (Å²) < 4.78 is 5.44. The van der Waals surface area contributed by atoms with Crippen molar-refractivity contribution in [2.45, 2.75) is 40.3 Å². The van der Waals surface area contributed by atoms with Crippen LogP contribution in [0.15, 0.2) is 58.4 Å². The summed E-state index contributed by atoms with van der Waals surface area (Å²) in [6, 6.07) is 10.6. The van der Waals surface area contributed by atoms with Gasteiger partial charge in [0.15, 0.2) is 11.5 Å². The number of fused-ring (bicyclic) bond motifs is 1. The minimum Gasteiger partial charge on any atom is -0.503 e. The molecule has 1 aliphatic heterocycles. The van der Waals surface area contributed by atoms with Gasteiger partial charge in [0, 0.05) is 27.6 Å². The molecular formula is C23H24N2O4. The van der Waals surface area contributed by atoms with Crippen molar-refractivity contribution in [3.05, 3.63) is 71.0 Å². The van der Waals surface area contributed by atoms with Gasteiger partial charge >= 0.3 is 0 Å². The van der Waals surface area contributed by atoms with E-state index in [0.29, 0.717) is 5.76 Å². The quantitative estimate of drug-likeness (QED) is 0.680. The van der Waals surface area contributed by atoms with Crippen molar-refractivity contribution in [3.63, 3.8) is 0 Å². The summed E-state index contributed by atoms with van der Waals surface area (Å²) in [6.45, 7) is 7.43. The number of aryl methyl sites for hydroxylation is 1. The molecule has 1 unspecified atom stereocenters. The zero-order chi connectivity index (χ0) is 20.9. The van der Waals surface area contributed by atoms with Gasteiger partial charge in [-0.2, -0.15) is 0 Å². The summed E-state index contributed by atoms with van der Waals surface area (Å²) in [5, 5.41) is 11.7. The number of benzene rings is 1. The van der Waals surface area contributed by atoms with E-state index in [1.54, 1.807) is 32.9 Å². The molecule has 0 saturated heterocycles. The number of aromatic nitrogens is 1. The van der Waals surface area contributed by atoms with Crippen molar-refractivity contribution in [3.8, 4) is 0 Å². The lowest BCUT2D eigenvalue weighted by Gasteiger charge is -2.28. The summed E-state index contributed by atoms with van der Waals surface area (Å²) in [6.07, 6.45) is 1.54. The summed E-state index contributed by atoms with van der Waals surface area (Å²) in [7, 11) is 0. The average Bonchev–Trinajstić information content (AvgIpc) is 3.34. The number of furan rings is 1. The fourth-order valence-electron chi connectivity index (χ4n) is 3.97. The first kappa shape index (κ1) is 19.1. The number of aliphatic hydroxyl groups is 1. The largest absolute Gasteiger partial charge is 0.503 e. The standard InChI is InChI=1S/C23H24N2O4/c1-13-17(15-9-5-6-10-16(15)24-13)19-18(21(27)23(2,3)4)20(26)22(28)25(19)12-14-8-7-11-29-14/h5-11,19,24,26H,12H2,1-4H3. The van der Waals surface area contributed by atoms with E-state index in [9.17, 15) is 14.7 Å². The summed E-state index contributed by atoms with van der Waals surface area (Å²) in [5.74, 6) is -0.715. The van der Waals surface area contributed by atoms with E-state index in [1.165, 1.54) is 11.2 Å². The summed E-state index contributed by atoms with van der Waals surface area (Å²) in [5.41, 5.74) is 1.98. The molecule has 1 aliphatic rings. The van der Waals surface area contributed by atoms with Gasteiger partial charge in [0.2, 0.25) is 0 Å². The normalized spacial score (nSPS) is 17.6. The molecule has 6 heteroatoms. The molecule has 0 spiro atoms. The van der Waals surface area contributed by atoms with Gasteiger partial charge in [-0.3, -0.25) is 9.59 Å². The van der Waals surface area contributed by atoms with Gasteiger partial charge in [0.25, 0.3) is 5.91 Å². The minimum atomic E-state index is -0.747. The number of Topliss-reactive ketones (excluding diaryl/α,β-unsaturated/α-hetero) is 1. The third kappa shape index (κ3) is 3.05. The Bertz CT molecular complexity index is 1130. The van der Waals surface area contributed by atoms with Gasteiger partial charge in [-0.25, -0.2) is 0 Å². The third-order valence-electron chi connectivity index (χ3n) is 5.35. The fraction of sp³-hybridized carbons (Fsp3) is 0.304. The molecule has 2 N–H and O–H groups in total. The van der Waals surface area contributed by atoms with Crippen LogP contribution in [0.4, 0.5) is 0 Å².